The lowest BCUT2D eigenvalue weighted by Crippen LogP contribution is -2.69. The van der Waals surface area contributed by atoms with Gasteiger partial charge < -0.3 is 20.4 Å². The predicted molar refractivity (Wildman–Crippen MR) is 90.6 cm³/mol. The SMILES string of the molecule is Cc1ccc(CCC(C)NC(=O)NC2CCC(=O)NC23CCC3)o1. The van der Waals surface area contributed by atoms with Gasteiger partial charge in [-0.1, -0.05) is 0 Å². The molecule has 132 valence electrons. The average Bonchev–Trinajstić information content (AvgIpc) is 2.91. The summed E-state index contributed by atoms with van der Waals surface area (Å²) in [4.78, 5) is 23.9. The second-order valence-electron chi connectivity index (χ2n) is 7.22. The second-order valence-corrected chi connectivity index (χ2v) is 7.22. The first-order valence-corrected chi connectivity index (χ1v) is 8.90. The van der Waals surface area contributed by atoms with Crippen molar-refractivity contribution in [1.82, 2.24) is 16.0 Å². The Labute approximate surface area is 142 Å². The predicted octanol–water partition coefficient (Wildman–Crippen LogP) is 2.41. The van der Waals surface area contributed by atoms with E-state index in [2.05, 4.69) is 16.0 Å². The second kappa shape index (κ2) is 6.87. The summed E-state index contributed by atoms with van der Waals surface area (Å²) >= 11 is 0. The molecule has 2 unspecified atom stereocenters. The van der Waals surface area contributed by atoms with Crippen molar-refractivity contribution in [1.29, 1.82) is 0 Å². The van der Waals surface area contributed by atoms with E-state index in [-0.39, 0.29) is 29.6 Å². The van der Waals surface area contributed by atoms with Crippen LogP contribution in [0.15, 0.2) is 16.5 Å². The molecule has 0 bridgehead atoms. The number of hydrogen-bond donors (Lipinski definition) is 3. The van der Waals surface area contributed by atoms with Crippen molar-refractivity contribution < 1.29 is 14.0 Å². The van der Waals surface area contributed by atoms with E-state index in [9.17, 15) is 9.59 Å². The van der Waals surface area contributed by atoms with Crippen molar-refractivity contribution in [3.05, 3.63) is 23.7 Å². The molecule has 3 amide bonds. The van der Waals surface area contributed by atoms with Crippen LogP contribution in [0.2, 0.25) is 0 Å². The summed E-state index contributed by atoms with van der Waals surface area (Å²) < 4.78 is 5.55. The molecule has 1 aliphatic carbocycles. The van der Waals surface area contributed by atoms with E-state index in [4.69, 9.17) is 4.42 Å². The fraction of sp³-hybridized carbons (Fsp3) is 0.667. The largest absolute Gasteiger partial charge is 0.466 e. The third kappa shape index (κ3) is 3.74. The highest BCUT2D eigenvalue weighted by Gasteiger charge is 2.48. The van der Waals surface area contributed by atoms with Crippen LogP contribution in [0.5, 0.6) is 0 Å². The molecule has 2 heterocycles. The van der Waals surface area contributed by atoms with Gasteiger partial charge in [-0.2, -0.15) is 0 Å². The summed E-state index contributed by atoms with van der Waals surface area (Å²) in [6, 6.07) is 3.88. The van der Waals surface area contributed by atoms with Crippen molar-refractivity contribution in [2.75, 3.05) is 0 Å². The molecular weight excluding hydrogens is 306 g/mol. The molecule has 2 fully saturated rings. The maximum atomic E-state index is 12.3. The van der Waals surface area contributed by atoms with E-state index >= 15 is 0 Å². The van der Waals surface area contributed by atoms with Gasteiger partial charge in [0.25, 0.3) is 0 Å². The van der Waals surface area contributed by atoms with Crippen LogP contribution in [-0.4, -0.2) is 29.6 Å². The third-order valence-corrected chi connectivity index (χ3v) is 5.26. The van der Waals surface area contributed by atoms with Crippen LogP contribution in [-0.2, 0) is 11.2 Å². The lowest BCUT2D eigenvalue weighted by atomic mass is 9.68. The topological polar surface area (TPSA) is 83.4 Å². The summed E-state index contributed by atoms with van der Waals surface area (Å²) in [6.45, 7) is 3.93. The van der Waals surface area contributed by atoms with Gasteiger partial charge in [0.2, 0.25) is 5.91 Å². The van der Waals surface area contributed by atoms with Crippen LogP contribution < -0.4 is 16.0 Å². The van der Waals surface area contributed by atoms with Gasteiger partial charge in [-0.25, -0.2) is 4.79 Å². The molecule has 6 nitrogen and oxygen atoms in total. The van der Waals surface area contributed by atoms with Crippen molar-refractivity contribution >= 4 is 11.9 Å². The van der Waals surface area contributed by atoms with E-state index in [1.807, 2.05) is 26.0 Å². The highest BCUT2D eigenvalue weighted by molar-refractivity contribution is 5.80. The first kappa shape index (κ1) is 16.9. The van der Waals surface area contributed by atoms with Gasteiger partial charge in [-0.15, -0.1) is 0 Å². The quantitative estimate of drug-likeness (QED) is 0.774. The number of rotatable bonds is 5. The molecule has 1 aromatic rings. The fourth-order valence-corrected chi connectivity index (χ4v) is 3.69. The molecule has 0 radical (unpaired) electrons. The van der Waals surface area contributed by atoms with Gasteiger partial charge in [-0.05, 0) is 58.1 Å². The van der Waals surface area contributed by atoms with Crippen LogP contribution in [0.1, 0.15) is 57.0 Å². The van der Waals surface area contributed by atoms with Crippen LogP contribution >= 0.6 is 0 Å². The van der Waals surface area contributed by atoms with Crippen LogP contribution in [0.25, 0.3) is 0 Å². The molecule has 1 saturated heterocycles. The van der Waals surface area contributed by atoms with E-state index in [1.165, 1.54) is 0 Å². The molecule has 24 heavy (non-hydrogen) atoms. The number of carbonyl (C=O) groups excluding carboxylic acids is 2. The van der Waals surface area contributed by atoms with Crippen LogP contribution in [0, 0.1) is 6.92 Å². The molecule has 1 aromatic heterocycles. The summed E-state index contributed by atoms with van der Waals surface area (Å²) in [5, 5.41) is 9.17. The summed E-state index contributed by atoms with van der Waals surface area (Å²) in [6.07, 6.45) is 5.86. The fourth-order valence-electron chi connectivity index (χ4n) is 3.69. The van der Waals surface area contributed by atoms with Crippen LogP contribution in [0.3, 0.4) is 0 Å². The first-order chi connectivity index (χ1) is 11.5. The van der Waals surface area contributed by atoms with Gasteiger partial charge in [0.1, 0.15) is 11.5 Å². The minimum absolute atomic E-state index is 0.0314. The Balaban J connectivity index is 1.45. The van der Waals surface area contributed by atoms with Crippen molar-refractivity contribution in [2.45, 2.75) is 76.4 Å². The zero-order valence-corrected chi connectivity index (χ0v) is 14.5. The normalized spacial score (nSPS) is 23.2. The highest BCUT2D eigenvalue weighted by Crippen LogP contribution is 2.38. The lowest BCUT2D eigenvalue weighted by Gasteiger charge is -2.50. The minimum Gasteiger partial charge on any atom is -0.466 e. The van der Waals surface area contributed by atoms with Crippen molar-refractivity contribution in [3.63, 3.8) is 0 Å². The maximum Gasteiger partial charge on any atom is 0.315 e. The molecule has 3 rings (SSSR count). The van der Waals surface area contributed by atoms with E-state index in [1.54, 1.807) is 0 Å². The van der Waals surface area contributed by atoms with Crippen molar-refractivity contribution in [2.24, 2.45) is 0 Å². The number of urea groups is 1. The molecule has 1 saturated carbocycles. The molecule has 2 atom stereocenters. The number of hydrogen-bond acceptors (Lipinski definition) is 3. The Morgan fingerprint density at radius 2 is 2.25 bits per heavy atom. The molecular formula is C18H27N3O3. The first-order valence-electron chi connectivity index (χ1n) is 8.90. The number of piperidine rings is 1. The minimum atomic E-state index is -0.207. The monoisotopic (exact) mass is 333 g/mol. The average molecular weight is 333 g/mol. The number of furan rings is 1. The number of amides is 3. The lowest BCUT2D eigenvalue weighted by molar-refractivity contribution is -0.127. The van der Waals surface area contributed by atoms with Gasteiger partial charge >= 0.3 is 6.03 Å². The maximum absolute atomic E-state index is 12.3. The Kier molecular flexibility index (Phi) is 4.83. The summed E-state index contributed by atoms with van der Waals surface area (Å²) in [5.41, 5.74) is -0.207. The Bertz CT molecular complexity index is 606. The Hall–Kier alpha value is -1.98. The molecule has 0 aromatic carbocycles. The van der Waals surface area contributed by atoms with Gasteiger partial charge in [0, 0.05) is 18.9 Å². The van der Waals surface area contributed by atoms with E-state index < -0.39 is 0 Å². The smallest absolute Gasteiger partial charge is 0.315 e. The van der Waals surface area contributed by atoms with E-state index in [0.717, 1.165) is 50.0 Å². The zero-order chi connectivity index (χ0) is 17.2. The molecule has 3 N–H and O–H groups in total. The van der Waals surface area contributed by atoms with Gasteiger partial charge in [0.15, 0.2) is 0 Å². The zero-order valence-electron chi connectivity index (χ0n) is 14.5. The third-order valence-electron chi connectivity index (χ3n) is 5.26. The highest BCUT2D eigenvalue weighted by atomic mass is 16.3. The summed E-state index contributed by atoms with van der Waals surface area (Å²) in [5.74, 6) is 1.97. The summed E-state index contributed by atoms with van der Waals surface area (Å²) in [7, 11) is 0. The Morgan fingerprint density at radius 1 is 1.46 bits per heavy atom. The Morgan fingerprint density at radius 3 is 2.88 bits per heavy atom. The van der Waals surface area contributed by atoms with Crippen LogP contribution in [0.4, 0.5) is 4.79 Å². The van der Waals surface area contributed by atoms with Gasteiger partial charge in [-0.3, -0.25) is 4.79 Å². The number of carbonyl (C=O) groups is 2. The molecule has 1 aliphatic heterocycles. The molecule has 6 heteroatoms. The van der Waals surface area contributed by atoms with E-state index in [0.29, 0.717) is 6.42 Å². The standard InChI is InChI=1S/C18H27N3O3/c1-12(4-6-14-7-5-13(2)24-14)19-17(23)20-15-8-9-16(22)21-18(15)10-3-11-18/h5,7,12,15H,3-4,6,8-11H2,1-2H3,(H,21,22)(H2,19,20,23). The van der Waals surface area contributed by atoms with Crippen molar-refractivity contribution in [3.8, 4) is 0 Å². The number of aryl methyl sites for hydroxylation is 2. The molecule has 2 aliphatic rings. The molecule has 1 spiro atoms. The number of nitrogens with one attached hydrogen (secondary N) is 3. The van der Waals surface area contributed by atoms with Gasteiger partial charge in [0.05, 0.1) is 11.6 Å².